The SMILES string of the molecule is O=C(NCCCc1ccc(N2CCCC2)cc1)C(=O)Nc1ccc(F)c(Cl)c1. The van der Waals surface area contributed by atoms with Crippen LogP contribution in [0.1, 0.15) is 24.8 Å². The Morgan fingerprint density at radius 3 is 2.43 bits per heavy atom. The molecule has 148 valence electrons. The van der Waals surface area contributed by atoms with Crippen molar-refractivity contribution < 1.29 is 14.0 Å². The van der Waals surface area contributed by atoms with Crippen LogP contribution in [0.15, 0.2) is 42.5 Å². The summed E-state index contributed by atoms with van der Waals surface area (Å²) in [6.07, 6.45) is 4.05. The number of nitrogens with one attached hydrogen (secondary N) is 2. The van der Waals surface area contributed by atoms with Crippen molar-refractivity contribution in [2.24, 2.45) is 0 Å². The maximum Gasteiger partial charge on any atom is 0.313 e. The third-order valence-corrected chi connectivity index (χ3v) is 5.01. The molecule has 1 fully saturated rings. The second-order valence-corrected chi connectivity index (χ2v) is 7.21. The highest BCUT2D eigenvalue weighted by Crippen LogP contribution is 2.21. The normalized spacial score (nSPS) is 13.4. The van der Waals surface area contributed by atoms with Crippen LogP contribution in [0.25, 0.3) is 0 Å². The minimum absolute atomic E-state index is 0.117. The highest BCUT2D eigenvalue weighted by atomic mass is 35.5. The number of aryl methyl sites for hydroxylation is 1. The molecule has 2 amide bonds. The third kappa shape index (κ3) is 5.45. The van der Waals surface area contributed by atoms with E-state index < -0.39 is 17.6 Å². The Bertz CT molecular complexity index is 836. The number of nitrogens with zero attached hydrogens (tertiary/aromatic N) is 1. The molecule has 5 nitrogen and oxygen atoms in total. The first kappa shape index (κ1) is 20.1. The summed E-state index contributed by atoms with van der Waals surface area (Å²) in [5.41, 5.74) is 2.72. The van der Waals surface area contributed by atoms with E-state index >= 15 is 0 Å². The first-order valence-electron chi connectivity index (χ1n) is 9.41. The number of halogens is 2. The molecule has 0 radical (unpaired) electrons. The minimum Gasteiger partial charge on any atom is -0.372 e. The monoisotopic (exact) mass is 403 g/mol. The van der Waals surface area contributed by atoms with Crippen molar-refractivity contribution in [3.63, 3.8) is 0 Å². The van der Waals surface area contributed by atoms with Gasteiger partial charge >= 0.3 is 11.8 Å². The van der Waals surface area contributed by atoms with Gasteiger partial charge in [0.15, 0.2) is 0 Å². The van der Waals surface area contributed by atoms with Gasteiger partial charge in [-0.1, -0.05) is 23.7 Å². The Balaban J connectivity index is 1.38. The molecule has 0 aliphatic carbocycles. The Morgan fingerprint density at radius 2 is 1.75 bits per heavy atom. The number of benzene rings is 2. The second-order valence-electron chi connectivity index (χ2n) is 6.80. The van der Waals surface area contributed by atoms with Crippen LogP contribution in [0.5, 0.6) is 0 Å². The summed E-state index contributed by atoms with van der Waals surface area (Å²) < 4.78 is 13.1. The van der Waals surface area contributed by atoms with Gasteiger partial charge in [0, 0.05) is 31.0 Å². The predicted molar refractivity (Wildman–Crippen MR) is 109 cm³/mol. The number of rotatable bonds is 6. The number of anilines is 2. The average Bonchev–Trinajstić information content (AvgIpc) is 3.23. The van der Waals surface area contributed by atoms with Crippen LogP contribution in [-0.2, 0) is 16.0 Å². The van der Waals surface area contributed by atoms with Crippen LogP contribution < -0.4 is 15.5 Å². The molecule has 3 rings (SSSR count). The van der Waals surface area contributed by atoms with Crippen molar-refractivity contribution in [1.82, 2.24) is 5.32 Å². The number of hydrogen-bond acceptors (Lipinski definition) is 3. The lowest BCUT2D eigenvalue weighted by atomic mass is 10.1. The molecule has 0 bridgehead atoms. The second kappa shape index (κ2) is 9.55. The van der Waals surface area contributed by atoms with Crippen LogP contribution in [-0.4, -0.2) is 31.4 Å². The molecule has 0 aromatic heterocycles. The van der Waals surface area contributed by atoms with Crippen molar-refractivity contribution in [3.05, 3.63) is 58.9 Å². The van der Waals surface area contributed by atoms with Crippen LogP contribution in [0.2, 0.25) is 5.02 Å². The van der Waals surface area contributed by atoms with Crippen molar-refractivity contribution in [2.75, 3.05) is 29.9 Å². The average molecular weight is 404 g/mol. The highest BCUT2D eigenvalue weighted by Gasteiger charge is 2.14. The largest absolute Gasteiger partial charge is 0.372 e. The lowest BCUT2D eigenvalue weighted by Crippen LogP contribution is -2.36. The van der Waals surface area contributed by atoms with Gasteiger partial charge in [0.1, 0.15) is 5.82 Å². The predicted octanol–water partition coefficient (Wildman–Crippen LogP) is 3.77. The maximum absolute atomic E-state index is 13.1. The van der Waals surface area contributed by atoms with E-state index in [0.29, 0.717) is 6.54 Å². The quantitative estimate of drug-likeness (QED) is 0.570. The summed E-state index contributed by atoms with van der Waals surface area (Å²) in [6.45, 7) is 2.64. The van der Waals surface area contributed by atoms with E-state index in [0.717, 1.165) is 32.0 Å². The Kier molecular flexibility index (Phi) is 6.87. The van der Waals surface area contributed by atoms with Gasteiger partial charge in [-0.15, -0.1) is 0 Å². The van der Waals surface area contributed by atoms with Crippen molar-refractivity contribution in [1.29, 1.82) is 0 Å². The number of amides is 2. The standard InChI is InChI=1S/C21H23ClFN3O2/c22-18-14-16(7-10-19(18)23)25-21(28)20(27)24-11-3-4-15-5-8-17(9-6-15)26-12-1-2-13-26/h5-10,14H,1-4,11-13H2,(H,24,27)(H,25,28). The summed E-state index contributed by atoms with van der Waals surface area (Å²) >= 11 is 5.65. The molecule has 1 aliphatic heterocycles. The van der Waals surface area contributed by atoms with Gasteiger partial charge in [-0.2, -0.15) is 0 Å². The molecule has 28 heavy (non-hydrogen) atoms. The van der Waals surface area contributed by atoms with Gasteiger partial charge in [-0.3, -0.25) is 9.59 Å². The van der Waals surface area contributed by atoms with Gasteiger partial charge in [-0.05, 0) is 61.6 Å². The molecule has 7 heteroatoms. The summed E-state index contributed by atoms with van der Waals surface area (Å²) in [6, 6.07) is 12.2. The number of carbonyl (C=O) groups excluding carboxylic acids is 2. The van der Waals surface area contributed by atoms with Gasteiger partial charge in [-0.25, -0.2) is 4.39 Å². The minimum atomic E-state index is -0.808. The topological polar surface area (TPSA) is 61.4 Å². The van der Waals surface area contributed by atoms with E-state index in [2.05, 4.69) is 39.8 Å². The van der Waals surface area contributed by atoms with Gasteiger partial charge in [0.2, 0.25) is 0 Å². The molecule has 2 N–H and O–H groups in total. The lowest BCUT2D eigenvalue weighted by molar-refractivity contribution is -0.136. The Hall–Kier alpha value is -2.60. The zero-order valence-corrected chi connectivity index (χ0v) is 16.3. The molecule has 1 heterocycles. The molecule has 1 saturated heterocycles. The zero-order chi connectivity index (χ0) is 19.9. The molecule has 2 aromatic carbocycles. The van der Waals surface area contributed by atoms with Crippen molar-refractivity contribution in [3.8, 4) is 0 Å². The fraction of sp³-hybridized carbons (Fsp3) is 0.333. The first-order valence-corrected chi connectivity index (χ1v) is 9.79. The molecule has 0 atom stereocenters. The first-order chi connectivity index (χ1) is 13.5. The number of hydrogen-bond donors (Lipinski definition) is 2. The zero-order valence-electron chi connectivity index (χ0n) is 15.5. The summed E-state index contributed by atoms with van der Waals surface area (Å²) in [5, 5.41) is 4.87. The highest BCUT2D eigenvalue weighted by molar-refractivity contribution is 6.39. The van der Waals surface area contributed by atoms with E-state index in [-0.39, 0.29) is 10.7 Å². The maximum atomic E-state index is 13.1. The van der Waals surface area contributed by atoms with Crippen LogP contribution in [0.3, 0.4) is 0 Å². The summed E-state index contributed by atoms with van der Waals surface area (Å²) in [7, 11) is 0. The van der Waals surface area contributed by atoms with Crippen LogP contribution >= 0.6 is 11.6 Å². The summed E-state index contributed by atoms with van der Waals surface area (Å²) in [5.74, 6) is -2.12. The fourth-order valence-electron chi connectivity index (χ4n) is 3.19. The molecule has 0 saturated carbocycles. The van der Waals surface area contributed by atoms with Gasteiger partial charge in [0.25, 0.3) is 0 Å². The Morgan fingerprint density at radius 1 is 1.04 bits per heavy atom. The smallest absolute Gasteiger partial charge is 0.313 e. The lowest BCUT2D eigenvalue weighted by Gasteiger charge is -2.17. The summed E-state index contributed by atoms with van der Waals surface area (Å²) in [4.78, 5) is 26.1. The van der Waals surface area contributed by atoms with Crippen LogP contribution in [0, 0.1) is 5.82 Å². The van der Waals surface area contributed by atoms with Gasteiger partial charge in [0.05, 0.1) is 5.02 Å². The number of carbonyl (C=O) groups is 2. The molecule has 0 spiro atoms. The van der Waals surface area contributed by atoms with E-state index in [1.165, 1.54) is 36.2 Å². The van der Waals surface area contributed by atoms with E-state index in [4.69, 9.17) is 11.6 Å². The van der Waals surface area contributed by atoms with Crippen molar-refractivity contribution >= 4 is 34.8 Å². The third-order valence-electron chi connectivity index (χ3n) is 4.72. The Labute approximate surface area is 168 Å². The molecular weight excluding hydrogens is 381 g/mol. The molecule has 1 aliphatic rings. The van der Waals surface area contributed by atoms with E-state index in [1.807, 2.05) is 0 Å². The molecule has 0 unspecified atom stereocenters. The van der Waals surface area contributed by atoms with Crippen LogP contribution in [0.4, 0.5) is 15.8 Å². The van der Waals surface area contributed by atoms with E-state index in [9.17, 15) is 14.0 Å². The molecular formula is C21H23ClFN3O2. The fourth-order valence-corrected chi connectivity index (χ4v) is 3.37. The van der Waals surface area contributed by atoms with Gasteiger partial charge < -0.3 is 15.5 Å². The van der Waals surface area contributed by atoms with E-state index in [1.54, 1.807) is 0 Å². The van der Waals surface area contributed by atoms with Crippen molar-refractivity contribution in [2.45, 2.75) is 25.7 Å². The molecule has 2 aromatic rings.